The third kappa shape index (κ3) is 0.954. The largest absolute Gasteiger partial charge is 0.294 e. The van der Waals surface area contributed by atoms with Crippen molar-refractivity contribution in [2.75, 3.05) is 0 Å². The van der Waals surface area contributed by atoms with Crippen LogP contribution in [-0.2, 0) is 0 Å². The predicted octanol–water partition coefficient (Wildman–Crippen LogP) is 1.95. The molecule has 0 spiro atoms. The summed E-state index contributed by atoms with van der Waals surface area (Å²) >= 11 is 1.48. The number of hydrogen-bond donors (Lipinski definition) is 0. The fraction of sp³-hybridized carbons (Fsp3) is 0.167. The molecule has 0 aliphatic rings. The van der Waals surface area contributed by atoms with Crippen molar-refractivity contribution in [1.82, 2.24) is 0 Å². The molecule has 0 radical (unpaired) electrons. The maximum absolute atomic E-state index is 10.5. The molecule has 0 saturated carbocycles. The Morgan fingerprint density at radius 1 is 1.75 bits per heavy atom. The molecule has 1 nitrogen and oxygen atoms in total. The van der Waals surface area contributed by atoms with Gasteiger partial charge in [0.2, 0.25) is 0 Å². The lowest BCUT2D eigenvalue weighted by Crippen LogP contribution is -1.83. The molecule has 0 bridgehead atoms. The van der Waals surface area contributed by atoms with Gasteiger partial charge in [-0.05, 0) is 18.4 Å². The van der Waals surface area contributed by atoms with E-state index in [-0.39, 0.29) is 5.78 Å². The minimum atomic E-state index is 0.153. The Hall–Kier alpha value is -0.630. The second-order valence-electron chi connectivity index (χ2n) is 1.53. The van der Waals surface area contributed by atoms with E-state index in [1.807, 2.05) is 17.5 Å². The van der Waals surface area contributed by atoms with E-state index in [1.165, 1.54) is 11.3 Å². The quantitative estimate of drug-likeness (QED) is 0.524. The summed E-state index contributed by atoms with van der Waals surface area (Å²) < 4.78 is 0. The van der Waals surface area contributed by atoms with Gasteiger partial charge in [0.25, 0.3) is 0 Å². The van der Waals surface area contributed by atoms with E-state index >= 15 is 0 Å². The third-order valence-electron chi connectivity index (χ3n) is 0.868. The summed E-state index contributed by atoms with van der Waals surface area (Å²) in [5.74, 6) is 0.153. The van der Waals surface area contributed by atoms with E-state index in [0.717, 1.165) is 4.88 Å². The monoisotopic (exact) mass is 125 g/mol. The lowest BCUT2D eigenvalue weighted by atomic mass is 10.1. The molecule has 42 valence electrons. The van der Waals surface area contributed by atoms with Crippen LogP contribution in [0, 0.1) is 0 Å². The average Bonchev–Trinajstić information content (AvgIpc) is 2.12. The van der Waals surface area contributed by atoms with E-state index in [2.05, 4.69) is 0 Å². The summed E-state index contributed by atoms with van der Waals surface area (Å²) in [7, 11) is 0. The molecular formula is C6H6OS. The third-order valence-corrected chi connectivity index (χ3v) is 1.84. The van der Waals surface area contributed by atoms with Crippen LogP contribution in [0.5, 0.6) is 0 Å². The SMILES string of the molecule is [11CH3]C(=O)c1cccs1. The molecule has 1 aromatic heterocycles. The van der Waals surface area contributed by atoms with Gasteiger partial charge >= 0.3 is 0 Å². The molecule has 0 aliphatic heterocycles. The minimum absolute atomic E-state index is 0.153. The summed E-state index contributed by atoms with van der Waals surface area (Å²) in [6.45, 7) is 1.58. The maximum Gasteiger partial charge on any atom is 0.169 e. The van der Waals surface area contributed by atoms with Gasteiger partial charge < -0.3 is 0 Å². The van der Waals surface area contributed by atoms with Crippen LogP contribution in [0.1, 0.15) is 16.6 Å². The Labute approximate surface area is 52.0 Å². The number of ketones is 1. The molecule has 0 aromatic carbocycles. The molecule has 0 atom stereocenters. The Balaban J connectivity index is 2.93. The molecule has 1 rings (SSSR count). The number of rotatable bonds is 1. The molecule has 0 aliphatic carbocycles. The van der Waals surface area contributed by atoms with Gasteiger partial charge in [-0.15, -0.1) is 11.3 Å². The predicted molar refractivity (Wildman–Crippen MR) is 34.3 cm³/mol. The van der Waals surface area contributed by atoms with Crippen LogP contribution in [0.2, 0.25) is 0 Å². The van der Waals surface area contributed by atoms with Crippen LogP contribution < -0.4 is 0 Å². The van der Waals surface area contributed by atoms with Crippen LogP contribution in [0.15, 0.2) is 17.5 Å². The second kappa shape index (κ2) is 2.09. The highest BCUT2D eigenvalue weighted by Gasteiger charge is 1.95. The zero-order valence-electron chi connectivity index (χ0n) is 4.55. The van der Waals surface area contributed by atoms with Crippen LogP contribution in [-0.4, -0.2) is 5.78 Å². The van der Waals surface area contributed by atoms with Crippen LogP contribution in [0.4, 0.5) is 0 Å². The first kappa shape index (κ1) is 5.51. The second-order valence-corrected chi connectivity index (χ2v) is 2.48. The molecule has 2 heteroatoms. The molecule has 1 aromatic rings. The number of carbonyl (C=O) groups is 1. The number of thiophene rings is 1. The molecule has 0 amide bonds. The number of Topliss-reactive ketones (excluding diaryl/α,β-unsaturated/α-hetero) is 1. The van der Waals surface area contributed by atoms with E-state index in [4.69, 9.17) is 0 Å². The van der Waals surface area contributed by atoms with Gasteiger partial charge in [0.15, 0.2) is 5.78 Å². The Kier molecular flexibility index (Phi) is 1.44. The first-order valence-electron chi connectivity index (χ1n) is 2.35. The van der Waals surface area contributed by atoms with Crippen molar-refractivity contribution in [1.29, 1.82) is 0 Å². The fourth-order valence-electron chi connectivity index (χ4n) is 0.479. The number of hydrogen-bond acceptors (Lipinski definition) is 2. The van der Waals surface area contributed by atoms with Crippen LogP contribution >= 0.6 is 11.3 Å². The molecule has 0 fully saturated rings. The maximum atomic E-state index is 10.5. The molecule has 0 saturated heterocycles. The first-order valence-corrected chi connectivity index (χ1v) is 3.23. The number of carbonyl (C=O) groups excluding carboxylic acids is 1. The van der Waals surface area contributed by atoms with E-state index in [1.54, 1.807) is 6.92 Å². The van der Waals surface area contributed by atoms with Crippen LogP contribution in [0.3, 0.4) is 0 Å². The summed E-state index contributed by atoms with van der Waals surface area (Å²) in [4.78, 5) is 11.4. The van der Waals surface area contributed by atoms with E-state index < -0.39 is 0 Å². The standard InChI is InChI=1S/C6H6OS/c1-5(7)6-3-2-4-8-6/h2-4H,1H3/i1-1. The fourth-order valence-corrected chi connectivity index (χ4v) is 1.11. The van der Waals surface area contributed by atoms with Crippen molar-refractivity contribution in [3.63, 3.8) is 0 Å². The average molecular weight is 125 g/mol. The van der Waals surface area contributed by atoms with Crippen molar-refractivity contribution in [2.45, 2.75) is 6.92 Å². The minimum Gasteiger partial charge on any atom is -0.294 e. The highest BCUT2D eigenvalue weighted by molar-refractivity contribution is 7.12. The molecule has 8 heavy (non-hydrogen) atoms. The normalized spacial score (nSPS) is 9.12. The summed E-state index contributed by atoms with van der Waals surface area (Å²) in [6, 6.07) is 3.70. The van der Waals surface area contributed by atoms with Crippen LogP contribution in [0.25, 0.3) is 0 Å². The molecule has 1 heterocycles. The van der Waals surface area contributed by atoms with Gasteiger partial charge in [-0.1, -0.05) is 6.07 Å². The van der Waals surface area contributed by atoms with Gasteiger partial charge in [-0.3, -0.25) is 4.79 Å². The molecular weight excluding hydrogens is 119 g/mol. The van der Waals surface area contributed by atoms with Gasteiger partial charge in [0.05, 0.1) is 4.88 Å². The topological polar surface area (TPSA) is 17.1 Å². The van der Waals surface area contributed by atoms with Crippen molar-refractivity contribution in [2.24, 2.45) is 0 Å². The summed E-state index contributed by atoms with van der Waals surface area (Å²) in [5.41, 5.74) is 0. The van der Waals surface area contributed by atoms with Gasteiger partial charge in [0.1, 0.15) is 0 Å². The highest BCUT2D eigenvalue weighted by atomic mass is 32.1. The Morgan fingerprint density at radius 2 is 2.50 bits per heavy atom. The lowest BCUT2D eigenvalue weighted by molar-refractivity contribution is 0.102. The zero-order chi connectivity index (χ0) is 5.98. The Morgan fingerprint density at radius 3 is 2.75 bits per heavy atom. The van der Waals surface area contributed by atoms with Crippen molar-refractivity contribution >= 4 is 17.1 Å². The lowest BCUT2D eigenvalue weighted by Gasteiger charge is -1.79. The smallest absolute Gasteiger partial charge is 0.169 e. The Bertz CT molecular complexity index is 176. The van der Waals surface area contributed by atoms with Crippen molar-refractivity contribution < 1.29 is 4.79 Å². The van der Waals surface area contributed by atoms with E-state index in [0.29, 0.717) is 0 Å². The molecule has 0 unspecified atom stereocenters. The first-order chi connectivity index (χ1) is 3.80. The van der Waals surface area contributed by atoms with Crippen molar-refractivity contribution in [3.05, 3.63) is 22.4 Å². The summed E-state index contributed by atoms with van der Waals surface area (Å²) in [5, 5.41) is 1.90. The van der Waals surface area contributed by atoms with Crippen molar-refractivity contribution in [3.8, 4) is 0 Å². The summed E-state index contributed by atoms with van der Waals surface area (Å²) in [6.07, 6.45) is 0. The van der Waals surface area contributed by atoms with Gasteiger partial charge in [-0.2, -0.15) is 0 Å². The molecule has 0 N–H and O–H groups in total. The highest BCUT2D eigenvalue weighted by Crippen LogP contribution is 2.07. The van der Waals surface area contributed by atoms with Gasteiger partial charge in [-0.25, -0.2) is 0 Å². The van der Waals surface area contributed by atoms with E-state index in [9.17, 15) is 4.79 Å². The van der Waals surface area contributed by atoms with Gasteiger partial charge in [0, 0.05) is 0 Å². The zero-order valence-corrected chi connectivity index (χ0v) is 5.37.